The van der Waals surface area contributed by atoms with Crippen LogP contribution in [0.4, 0.5) is 0 Å². The molecule has 0 heterocycles. The van der Waals surface area contributed by atoms with Gasteiger partial charge in [-0.15, -0.1) is 0 Å². The molecular weight excluding hydrogens is 624 g/mol. The number of benzene rings is 5. The normalized spacial score (nSPS) is 10.6. The number of carbonyl (C=O) groups is 1. The lowest BCUT2D eigenvalue weighted by Gasteiger charge is -2.11. The monoisotopic (exact) mass is 664 g/mol. The number of hydrogen-bond donors (Lipinski definition) is 0. The van der Waals surface area contributed by atoms with Gasteiger partial charge in [0.1, 0.15) is 24.4 Å². The van der Waals surface area contributed by atoms with Crippen LogP contribution in [0.3, 0.4) is 0 Å². The Morgan fingerprint density at radius 2 is 1.33 bits per heavy atom. The predicted molar refractivity (Wildman–Crippen MR) is 190 cm³/mol. The summed E-state index contributed by atoms with van der Waals surface area (Å²) in [6, 6.07) is 36.5. The molecule has 0 radical (unpaired) electrons. The van der Waals surface area contributed by atoms with Gasteiger partial charge in [-0.3, -0.25) is 4.79 Å². The van der Waals surface area contributed by atoms with Crippen LogP contribution >= 0.6 is 15.9 Å². The molecule has 0 amide bonds. The Morgan fingerprint density at radius 1 is 0.689 bits per heavy atom. The van der Waals surface area contributed by atoms with Crippen LogP contribution in [0.1, 0.15) is 37.3 Å². The molecule has 0 bridgehead atoms. The summed E-state index contributed by atoms with van der Waals surface area (Å²) in [6.07, 6.45) is 6.27. The van der Waals surface area contributed by atoms with Crippen LogP contribution in [-0.2, 0) is 22.6 Å². The maximum Gasteiger partial charge on any atom is 0.142 e. The average molecular weight is 666 g/mol. The second kappa shape index (κ2) is 17.9. The van der Waals surface area contributed by atoms with Gasteiger partial charge in [0.05, 0.1) is 6.61 Å². The van der Waals surface area contributed by atoms with Gasteiger partial charge >= 0.3 is 0 Å². The highest BCUT2D eigenvalue weighted by Gasteiger charge is 2.07. The molecule has 0 aliphatic heterocycles. The highest BCUT2D eigenvalue weighted by molar-refractivity contribution is 9.10. The Bertz CT molecular complexity index is 1650. The zero-order valence-electron chi connectivity index (χ0n) is 26.1. The van der Waals surface area contributed by atoms with E-state index in [2.05, 4.69) is 114 Å². The van der Waals surface area contributed by atoms with Crippen LogP contribution in [-0.4, -0.2) is 26.6 Å². The number of fused-ring (bicyclic) bond motifs is 1. The Kier molecular flexibility index (Phi) is 13.4. The molecule has 0 fully saturated rings. The number of ether oxygens (including phenoxy) is 3. The molecule has 5 rings (SSSR count). The molecule has 0 saturated carbocycles. The maximum absolute atomic E-state index is 9.06. The molecule has 0 spiro atoms. The van der Waals surface area contributed by atoms with E-state index in [1.807, 2.05) is 18.2 Å². The topological polar surface area (TPSA) is 44.8 Å². The molecule has 5 aromatic rings. The van der Waals surface area contributed by atoms with Crippen LogP contribution in [0.25, 0.3) is 33.0 Å². The van der Waals surface area contributed by atoms with Crippen LogP contribution in [0.15, 0.2) is 120 Å². The third kappa shape index (κ3) is 10.2. The van der Waals surface area contributed by atoms with Crippen molar-refractivity contribution in [2.75, 3.05) is 20.3 Å². The second-order valence-corrected chi connectivity index (χ2v) is 11.6. The van der Waals surface area contributed by atoms with Crippen LogP contribution in [0, 0.1) is 0 Å². The lowest BCUT2D eigenvalue weighted by atomic mass is 10.0. The third-order valence-corrected chi connectivity index (χ3v) is 8.04. The SMILES string of the molecule is C=CC=O.CCCCc1ccc(-c2ccc(OCc3ccc(-c4ccc5cc(OCCCOC)ccc5c4)cc3)cc2)c(Br)c1. The smallest absolute Gasteiger partial charge is 0.142 e. The summed E-state index contributed by atoms with van der Waals surface area (Å²) in [5.41, 5.74) is 7.27. The molecule has 0 atom stereocenters. The Hall–Kier alpha value is -4.19. The summed E-state index contributed by atoms with van der Waals surface area (Å²) in [5, 5.41) is 2.37. The lowest BCUT2D eigenvalue weighted by Crippen LogP contribution is -2.01. The summed E-state index contributed by atoms with van der Waals surface area (Å²) in [6.45, 7) is 7.24. The van der Waals surface area contributed by atoms with Crippen molar-refractivity contribution in [3.63, 3.8) is 0 Å². The first kappa shape index (κ1) is 33.7. The van der Waals surface area contributed by atoms with Gasteiger partial charge in [0.25, 0.3) is 0 Å². The molecular formula is C40H41BrO4. The summed E-state index contributed by atoms with van der Waals surface area (Å²) >= 11 is 3.77. The molecule has 4 nitrogen and oxygen atoms in total. The van der Waals surface area contributed by atoms with E-state index >= 15 is 0 Å². The fraction of sp³-hybridized carbons (Fsp3) is 0.225. The minimum absolute atomic E-state index is 0.528. The number of unbranched alkanes of at least 4 members (excludes halogenated alkanes) is 1. The van der Waals surface area contributed by atoms with Gasteiger partial charge in [-0.05, 0) is 99.5 Å². The lowest BCUT2D eigenvalue weighted by molar-refractivity contribution is -0.104. The largest absolute Gasteiger partial charge is 0.493 e. The van der Waals surface area contributed by atoms with Crippen molar-refractivity contribution in [1.82, 2.24) is 0 Å². The van der Waals surface area contributed by atoms with Gasteiger partial charge in [0, 0.05) is 24.6 Å². The molecule has 0 N–H and O–H groups in total. The van der Waals surface area contributed by atoms with Crippen molar-refractivity contribution in [3.8, 4) is 33.8 Å². The Labute approximate surface area is 275 Å². The van der Waals surface area contributed by atoms with Crippen molar-refractivity contribution in [2.24, 2.45) is 0 Å². The number of aryl methyl sites for hydroxylation is 1. The van der Waals surface area contributed by atoms with E-state index in [-0.39, 0.29) is 0 Å². The van der Waals surface area contributed by atoms with Crippen molar-refractivity contribution in [2.45, 2.75) is 39.2 Å². The Morgan fingerprint density at radius 3 is 2.02 bits per heavy atom. The third-order valence-electron chi connectivity index (χ3n) is 7.38. The molecule has 0 aromatic heterocycles. The second-order valence-electron chi connectivity index (χ2n) is 10.7. The van der Waals surface area contributed by atoms with Crippen LogP contribution < -0.4 is 9.47 Å². The maximum atomic E-state index is 9.06. The van der Waals surface area contributed by atoms with Crippen LogP contribution in [0.5, 0.6) is 11.5 Å². The highest BCUT2D eigenvalue weighted by atomic mass is 79.9. The van der Waals surface area contributed by atoms with Crippen LogP contribution in [0.2, 0.25) is 0 Å². The quantitative estimate of drug-likeness (QED) is 0.0673. The van der Waals surface area contributed by atoms with Gasteiger partial charge in [-0.2, -0.15) is 0 Å². The van der Waals surface area contributed by atoms with E-state index in [1.165, 1.54) is 57.5 Å². The molecule has 0 aliphatic carbocycles. The van der Waals surface area contributed by atoms with E-state index in [1.54, 1.807) is 7.11 Å². The molecule has 0 aliphatic rings. The summed E-state index contributed by atoms with van der Waals surface area (Å²) < 4.78 is 18.2. The number of halogens is 1. The minimum atomic E-state index is 0.528. The number of rotatable bonds is 14. The van der Waals surface area contributed by atoms with Gasteiger partial charge in [-0.1, -0.05) is 103 Å². The molecule has 5 aromatic carbocycles. The Balaban J connectivity index is 0.00000109. The van der Waals surface area contributed by atoms with Crippen molar-refractivity contribution < 1.29 is 19.0 Å². The number of methoxy groups -OCH3 is 1. The van der Waals surface area contributed by atoms with Crippen molar-refractivity contribution >= 4 is 33.0 Å². The summed E-state index contributed by atoms with van der Waals surface area (Å²) in [4.78, 5) is 9.06. The first-order valence-electron chi connectivity index (χ1n) is 15.4. The van der Waals surface area contributed by atoms with E-state index in [4.69, 9.17) is 19.0 Å². The molecule has 232 valence electrons. The fourth-order valence-corrected chi connectivity index (χ4v) is 5.56. The standard InChI is InChI=1S/C37H37BrO3.C3H4O/c1-3-4-6-27-9-20-36(37(38)23-27)30-14-17-34(18-15-30)41-26-28-7-10-29(11-8-28)31-12-13-33-25-35(19-16-32(33)24-31)40-22-5-21-39-2;1-2-3-4/h7-20,23-25H,3-6,21-22,26H2,1-2H3;2-3H,1H2. The van der Waals surface area contributed by atoms with Gasteiger partial charge < -0.3 is 14.2 Å². The highest BCUT2D eigenvalue weighted by Crippen LogP contribution is 2.31. The summed E-state index contributed by atoms with van der Waals surface area (Å²) in [7, 11) is 1.71. The molecule has 45 heavy (non-hydrogen) atoms. The first-order chi connectivity index (χ1) is 22.0. The van der Waals surface area contributed by atoms with E-state index in [0.717, 1.165) is 34.4 Å². The van der Waals surface area contributed by atoms with Gasteiger partial charge in [0.2, 0.25) is 0 Å². The van der Waals surface area contributed by atoms with Gasteiger partial charge in [0.15, 0.2) is 0 Å². The first-order valence-corrected chi connectivity index (χ1v) is 16.2. The number of aldehydes is 1. The van der Waals surface area contributed by atoms with Crippen molar-refractivity contribution in [1.29, 1.82) is 0 Å². The van der Waals surface area contributed by atoms with E-state index in [0.29, 0.717) is 26.1 Å². The zero-order valence-corrected chi connectivity index (χ0v) is 27.7. The van der Waals surface area contributed by atoms with E-state index in [9.17, 15) is 0 Å². The molecule has 0 saturated heterocycles. The number of hydrogen-bond acceptors (Lipinski definition) is 4. The number of carbonyl (C=O) groups excluding carboxylic acids is 1. The molecule has 5 heteroatoms. The van der Waals surface area contributed by atoms with Gasteiger partial charge in [-0.25, -0.2) is 0 Å². The molecule has 0 unspecified atom stereocenters. The summed E-state index contributed by atoms with van der Waals surface area (Å²) in [5.74, 6) is 1.76. The fourth-order valence-electron chi connectivity index (χ4n) is 4.91. The average Bonchev–Trinajstić information content (AvgIpc) is 3.08. The predicted octanol–water partition coefficient (Wildman–Crippen LogP) is 10.6. The number of allylic oxidation sites excluding steroid dienone is 1. The zero-order chi connectivity index (χ0) is 31.9. The van der Waals surface area contributed by atoms with Crippen molar-refractivity contribution in [3.05, 3.63) is 131 Å². The van der Waals surface area contributed by atoms with E-state index < -0.39 is 0 Å². The minimum Gasteiger partial charge on any atom is -0.493 e.